The third-order valence-corrected chi connectivity index (χ3v) is 3.73. The minimum atomic E-state index is -1.01. The number of hydrogen-bond acceptors (Lipinski definition) is 3. The van der Waals surface area contributed by atoms with Gasteiger partial charge in [0.2, 0.25) is 0 Å². The quantitative estimate of drug-likeness (QED) is 0.528. The van der Waals surface area contributed by atoms with Crippen LogP contribution in [0.2, 0.25) is 0 Å². The number of benzene rings is 2. The fourth-order valence-electron chi connectivity index (χ4n) is 2.58. The van der Waals surface area contributed by atoms with Crippen LogP contribution < -0.4 is 0 Å². The molecule has 4 aromatic rings. The Balaban J connectivity index is 1.84. The van der Waals surface area contributed by atoms with Crippen molar-refractivity contribution in [2.75, 3.05) is 0 Å². The molecule has 2 aromatic heterocycles. The van der Waals surface area contributed by atoms with Gasteiger partial charge in [-0.2, -0.15) is 0 Å². The number of rotatable bonds is 2. The van der Waals surface area contributed by atoms with E-state index in [9.17, 15) is 13.2 Å². The second-order valence-electron chi connectivity index (χ2n) is 5.40. The molecule has 0 radical (unpaired) electrons. The van der Waals surface area contributed by atoms with Crippen LogP contribution in [0.1, 0.15) is 0 Å². The molecule has 3 nitrogen and oxygen atoms in total. The predicted molar refractivity (Wildman–Crippen MR) is 88.1 cm³/mol. The molecule has 0 bridgehead atoms. The first-order valence-corrected chi connectivity index (χ1v) is 7.46. The molecule has 25 heavy (non-hydrogen) atoms. The monoisotopic (exact) mass is 337 g/mol. The second-order valence-corrected chi connectivity index (χ2v) is 5.40. The Morgan fingerprint density at radius 3 is 2.24 bits per heavy atom. The van der Waals surface area contributed by atoms with Gasteiger partial charge in [-0.3, -0.25) is 0 Å². The zero-order valence-electron chi connectivity index (χ0n) is 12.7. The molecular weight excluding hydrogens is 327 g/mol. The molecule has 122 valence electrons. The highest BCUT2D eigenvalue weighted by Gasteiger charge is 2.16. The molecular formula is C19H10F3N3. The van der Waals surface area contributed by atoms with Gasteiger partial charge < -0.3 is 0 Å². The number of pyridine rings is 1. The number of aromatic nitrogens is 3. The third-order valence-electron chi connectivity index (χ3n) is 3.73. The Bertz CT molecular complexity index is 1070. The molecule has 4 rings (SSSR count). The first kappa shape index (κ1) is 15.3. The van der Waals surface area contributed by atoms with Gasteiger partial charge in [-0.15, -0.1) is 0 Å². The standard InChI is InChI=1S/C19H10F3N3/c20-12-8-13(21)18(14(22)9-12)16-6-3-7-17(24-16)19-23-10-11-4-1-2-5-15(11)25-19/h1-10H. The van der Waals surface area contributed by atoms with E-state index >= 15 is 0 Å². The molecule has 0 spiro atoms. The van der Waals surface area contributed by atoms with E-state index in [2.05, 4.69) is 15.0 Å². The van der Waals surface area contributed by atoms with Crippen molar-refractivity contribution in [2.45, 2.75) is 0 Å². The van der Waals surface area contributed by atoms with Crippen LogP contribution >= 0.6 is 0 Å². The van der Waals surface area contributed by atoms with Gasteiger partial charge in [0.05, 0.1) is 16.8 Å². The average molecular weight is 337 g/mol. The summed E-state index contributed by atoms with van der Waals surface area (Å²) in [4.78, 5) is 12.9. The van der Waals surface area contributed by atoms with E-state index in [4.69, 9.17) is 0 Å². The zero-order valence-corrected chi connectivity index (χ0v) is 12.7. The van der Waals surface area contributed by atoms with Gasteiger partial charge in [0, 0.05) is 23.7 Å². The lowest BCUT2D eigenvalue weighted by Gasteiger charge is -2.07. The SMILES string of the molecule is Fc1cc(F)c(-c2cccc(-c3ncc4ccccc4n3)n2)c(F)c1. The molecule has 0 aliphatic rings. The van der Waals surface area contributed by atoms with E-state index in [1.165, 1.54) is 6.07 Å². The van der Waals surface area contributed by atoms with Crippen molar-refractivity contribution in [3.8, 4) is 22.8 Å². The van der Waals surface area contributed by atoms with Gasteiger partial charge in [0.25, 0.3) is 0 Å². The summed E-state index contributed by atoms with van der Waals surface area (Å²) in [6.07, 6.45) is 1.66. The van der Waals surface area contributed by atoms with Gasteiger partial charge >= 0.3 is 0 Å². The number of para-hydroxylation sites is 1. The summed E-state index contributed by atoms with van der Waals surface area (Å²) in [5.41, 5.74) is 0.763. The summed E-state index contributed by atoms with van der Waals surface area (Å²) in [5, 5.41) is 0.873. The molecule has 0 atom stereocenters. The van der Waals surface area contributed by atoms with Crippen molar-refractivity contribution < 1.29 is 13.2 Å². The summed E-state index contributed by atoms with van der Waals surface area (Å²) in [6, 6.07) is 13.4. The lowest BCUT2D eigenvalue weighted by atomic mass is 10.1. The van der Waals surface area contributed by atoms with E-state index in [0.717, 1.165) is 10.9 Å². The number of nitrogens with zero attached hydrogens (tertiary/aromatic N) is 3. The van der Waals surface area contributed by atoms with Crippen molar-refractivity contribution in [1.29, 1.82) is 0 Å². The summed E-state index contributed by atoms with van der Waals surface area (Å²) in [6.45, 7) is 0. The molecule has 0 amide bonds. The molecule has 0 aliphatic heterocycles. The highest BCUT2D eigenvalue weighted by atomic mass is 19.1. The molecule has 0 saturated heterocycles. The number of fused-ring (bicyclic) bond motifs is 1. The van der Waals surface area contributed by atoms with Crippen LogP contribution in [0, 0.1) is 17.5 Å². The first-order chi connectivity index (χ1) is 12.1. The molecule has 0 unspecified atom stereocenters. The molecule has 0 N–H and O–H groups in total. The lowest BCUT2D eigenvalue weighted by molar-refractivity contribution is 0.547. The van der Waals surface area contributed by atoms with E-state index in [1.54, 1.807) is 18.3 Å². The molecule has 2 heterocycles. The van der Waals surface area contributed by atoms with Gasteiger partial charge in [-0.05, 0) is 18.2 Å². The fourth-order valence-corrected chi connectivity index (χ4v) is 2.58. The molecule has 2 aromatic carbocycles. The minimum absolute atomic E-state index is 0.0456. The Kier molecular flexibility index (Phi) is 3.65. The zero-order chi connectivity index (χ0) is 17.4. The van der Waals surface area contributed by atoms with Gasteiger partial charge in [-0.25, -0.2) is 28.1 Å². The van der Waals surface area contributed by atoms with E-state index in [1.807, 2.05) is 24.3 Å². The Hall–Kier alpha value is -3.28. The van der Waals surface area contributed by atoms with Gasteiger partial charge in [-0.1, -0.05) is 24.3 Å². The molecule has 6 heteroatoms. The molecule has 0 fully saturated rings. The van der Waals surface area contributed by atoms with Crippen molar-refractivity contribution in [1.82, 2.24) is 15.0 Å². The van der Waals surface area contributed by atoms with Crippen LogP contribution in [0.5, 0.6) is 0 Å². The van der Waals surface area contributed by atoms with Gasteiger partial charge in [0.15, 0.2) is 5.82 Å². The summed E-state index contributed by atoms with van der Waals surface area (Å²) in [5.74, 6) is -2.67. The Morgan fingerprint density at radius 1 is 0.720 bits per heavy atom. The maximum absolute atomic E-state index is 14.0. The normalized spacial score (nSPS) is 11.0. The van der Waals surface area contributed by atoms with Crippen LogP contribution in [0.15, 0.2) is 60.8 Å². The third kappa shape index (κ3) is 2.82. The van der Waals surface area contributed by atoms with E-state index in [0.29, 0.717) is 23.7 Å². The maximum Gasteiger partial charge on any atom is 0.178 e. The van der Waals surface area contributed by atoms with E-state index in [-0.39, 0.29) is 11.3 Å². The lowest BCUT2D eigenvalue weighted by Crippen LogP contribution is -1.97. The summed E-state index contributed by atoms with van der Waals surface area (Å²) >= 11 is 0. The second kappa shape index (κ2) is 5.98. The average Bonchev–Trinajstić information content (AvgIpc) is 2.61. The number of hydrogen-bond donors (Lipinski definition) is 0. The van der Waals surface area contributed by atoms with Crippen molar-refractivity contribution in [3.63, 3.8) is 0 Å². The topological polar surface area (TPSA) is 38.7 Å². The predicted octanol–water partition coefficient (Wildman–Crippen LogP) is 4.78. The largest absolute Gasteiger partial charge is 0.244 e. The maximum atomic E-state index is 14.0. The highest BCUT2D eigenvalue weighted by molar-refractivity contribution is 5.79. The first-order valence-electron chi connectivity index (χ1n) is 7.46. The van der Waals surface area contributed by atoms with Crippen LogP contribution in [-0.2, 0) is 0 Å². The minimum Gasteiger partial charge on any atom is -0.244 e. The Morgan fingerprint density at radius 2 is 1.44 bits per heavy atom. The smallest absolute Gasteiger partial charge is 0.178 e. The van der Waals surface area contributed by atoms with Crippen LogP contribution in [-0.4, -0.2) is 15.0 Å². The van der Waals surface area contributed by atoms with Crippen LogP contribution in [0.4, 0.5) is 13.2 Å². The summed E-state index contributed by atoms with van der Waals surface area (Å²) in [7, 11) is 0. The van der Waals surface area contributed by atoms with Crippen LogP contribution in [0.25, 0.3) is 33.7 Å². The summed E-state index contributed by atoms with van der Waals surface area (Å²) < 4.78 is 41.1. The van der Waals surface area contributed by atoms with Crippen molar-refractivity contribution >= 4 is 10.9 Å². The van der Waals surface area contributed by atoms with Gasteiger partial charge in [0.1, 0.15) is 23.1 Å². The number of halogens is 3. The van der Waals surface area contributed by atoms with Crippen molar-refractivity contribution in [2.24, 2.45) is 0 Å². The molecule has 0 saturated carbocycles. The Labute approximate surface area is 140 Å². The van der Waals surface area contributed by atoms with Crippen molar-refractivity contribution in [3.05, 3.63) is 78.2 Å². The highest BCUT2D eigenvalue weighted by Crippen LogP contribution is 2.27. The van der Waals surface area contributed by atoms with Crippen LogP contribution in [0.3, 0.4) is 0 Å². The molecule has 0 aliphatic carbocycles. The fraction of sp³-hybridized carbons (Fsp3) is 0. The van der Waals surface area contributed by atoms with E-state index < -0.39 is 17.5 Å².